The molecule has 0 saturated carbocycles. The number of hydrogen-bond acceptors (Lipinski definition) is 4. The fraction of sp³-hybridized carbons (Fsp3) is 0.250. The van der Waals surface area contributed by atoms with Crippen LogP contribution in [0.25, 0.3) is 10.8 Å². The maximum absolute atomic E-state index is 12.6. The van der Waals surface area contributed by atoms with E-state index in [1.54, 1.807) is 18.3 Å². The van der Waals surface area contributed by atoms with E-state index in [1.165, 1.54) is 0 Å². The van der Waals surface area contributed by atoms with Crippen molar-refractivity contribution in [3.05, 3.63) is 83.6 Å². The molecule has 2 heterocycles. The van der Waals surface area contributed by atoms with Gasteiger partial charge in [-0.25, -0.2) is 0 Å². The summed E-state index contributed by atoms with van der Waals surface area (Å²) in [5.41, 5.74) is 2.05. The van der Waals surface area contributed by atoms with Crippen LogP contribution in [0.4, 0.5) is 0 Å². The van der Waals surface area contributed by atoms with Gasteiger partial charge in [0.05, 0.1) is 12.2 Å². The molecule has 4 aromatic rings. The Morgan fingerprint density at radius 1 is 1.17 bits per heavy atom. The number of rotatable bonds is 7. The van der Waals surface area contributed by atoms with Gasteiger partial charge in [0.25, 0.3) is 5.91 Å². The Balaban J connectivity index is 1.37. The van der Waals surface area contributed by atoms with E-state index in [2.05, 4.69) is 16.5 Å². The quantitative estimate of drug-likeness (QED) is 0.470. The number of nitrogens with one attached hydrogen (secondary N) is 1. The van der Waals surface area contributed by atoms with Gasteiger partial charge in [-0.1, -0.05) is 30.3 Å². The predicted octanol–water partition coefficient (Wildman–Crippen LogP) is 5.03. The Morgan fingerprint density at radius 3 is 2.73 bits per heavy atom. The van der Waals surface area contributed by atoms with E-state index in [4.69, 9.17) is 9.15 Å². The lowest BCUT2D eigenvalue weighted by Crippen LogP contribution is -2.26. The van der Waals surface area contributed by atoms with Crippen molar-refractivity contribution in [1.29, 1.82) is 0 Å². The molecule has 1 atom stereocenters. The molecule has 0 aliphatic heterocycles. The van der Waals surface area contributed by atoms with E-state index >= 15 is 0 Å². The lowest BCUT2D eigenvalue weighted by atomic mass is 10.1. The van der Waals surface area contributed by atoms with Gasteiger partial charge in [0.2, 0.25) is 0 Å². The molecule has 0 aliphatic carbocycles. The summed E-state index contributed by atoms with van der Waals surface area (Å²) in [6.07, 6.45) is 1.80. The molecule has 0 bridgehead atoms. The van der Waals surface area contributed by atoms with Crippen LogP contribution in [-0.4, -0.2) is 15.7 Å². The molecule has 6 nitrogen and oxygen atoms in total. The van der Waals surface area contributed by atoms with Crippen molar-refractivity contribution in [2.75, 3.05) is 0 Å². The normalized spacial score (nSPS) is 12.1. The number of benzene rings is 2. The molecule has 0 aliphatic rings. The van der Waals surface area contributed by atoms with E-state index in [0.717, 1.165) is 34.3 Å². The van der Waals surface area contributed by atoms with Crippen molar-refractivity contribution < 1.29 is 13.9 Å². The van der Waals surface area contributed by atoms with E-state index in [1.807, 2.05) is 61.9 Å². The minimum absolute atomic E-state index is 0.166. The molecule has 154 valence electrons. The van der Waals surface area contributed by atoms with Crippen LogP contribution < -0.4 is 10.1 Å². The molecular formula is C24H25N3O3. The minimum atomic E-state index is -0.261. The summed E-state index contributed by atoms with van der Waals surface area (Å²) in [6.45, 7) is 7.03. The maximum Gasteiger partial charge on any atom is 0.287 e. The molecule has 0 spiro atoms. The molecule has 0 fully saturated rings. The van der Waals surface area contributed by atoms with Crippen LogP contribution in [0.1, 0.15) is 47.5 Å². The number of nitrogens with zero attached hydrogens (tertiary/aromatic N) is 2. The van der Waals surface area contributed by atoms with Gasteiger partial charge in [-0.15, -0.1) is 0 Å². The van der Waals surface area contributed by atoms with E-state index in [9.17, 15) is 4.79 Å². The van der Waals surface area contributed by atoms with Gasteiger partial charge in [-0.05, 0) is 55.8 Å². The summed E-state index contributed by atoms with van der Waals surface area (Å²) in [5.74, 6) is 1.35. The third-order valence-electron chi connectivity index (χ3n) is 5.24. The number of aryl methyl sites for hydroxylation is 1. The first-order chi connectivity index (χ1) is 14.5. The predicted molar refractivity (Wildman–Crippen MR) is 116 cm³/mol. The van der Waals surface area contributed by atoms with Gasteiger partial charge in [0.15, 0.2) is 5.76 Å². The molecule has 0 saturated heterocycles. The largest absolute Gasteiger partial charge is 0.486 e. The summed E-state index contributed by atoms with van der Waals surface area (Å²) in [4.78, 5) is 12.6. The van der Waals surface area contributed by atoms with Crippen LogP contribution in [0.3, 0.4) is 0 Å². The Labute approximate surface area is 175 Å². The molecule has 2 aromatic carbocycles. The van der Waals surface area contributed by atoms with Crippen LogP contribution in [0.15, 0.2) is 65.2 Å². The zero-order chi connectivity index (χ0) is 21.1. The number of aromatic nitrogens is 2. The molecule has 2 aromatic heterocycles. The van der Waals surface area contributed by atoms with E-state index in [0.29, 0.717) is 5.76 Å². The number of fused-ring (bicyclic) bond motifs is 1. The fourth-order valence-corrected chi connectivity index (χ4v) is 3.54. The van der Waals surface area contributed by atoms with Crippen molar-refractivity contribution in [3.63, 3.8) is 0 Å². The summed E-state index contributed by atoms with van der Waals surface area (Å²) >= 11 is 0. The molecule has 30 heavy (non-hydrogen) atoms. The molecule has 1 amide bonds. The van der Waals surface area contributed by atoms with Gasteiger partial charge in [0, 0.05) is 17.8 Å². The van der Waals surface area contributed by atoms with Gasteiger partial charge in [-0.3, -0.25) is 9.48 Å². The van der Waals surface area contributed by atoms with Crippen molar-refractivity contribution in [3.8, 4) is 5.75 Å². The van der Waals surface area contributed by atoms with E-state index in [-0.39, 0.29) is 24.3 Å². The average Bonchev–Trinajstić information content (AvgIpc) is 3.38. The van der Waals surface area contributed by atoms with Crippen molar-refractivity contribution >= 4 is 16.7 Å². The molecular weight excluding hydrogens is 378 g/mol. The number of furan rings is 1. The monoisotopic (exact) mass is 403 g/mol. The number of carbonyl (C=O) groups excluding carboxylic acids is 1. The van der Waals surface area contributed by atoms with Crippen molar-refractivity contribution in [2.45, 2.75) is 40.0 Å². The highest BCUT2D eigenvalue weighted by atomic mass is 16.5. The Hall–Kier alpha value is -3.54. The lowest BCUT2D eigenvalue weighted by Gasteiger charge is -2.13. The van der Waals surface area contributed by atoms with Gasteiger partial charge >= 0.3 is 0 Å². The first-order valence-corrected chi connectivity index (χ1v) is 10.1. The highest BCUT2D eigenvalue weighted by Gasteiger charge is 2.18. The minimum Gasteiger partial charge on any atom is -0.486 e. The van der Waals surface area contributed by atoms with Gasteiger partial charge in [-0.2, -0.15) is 5.10 Å². The zero-order valence-corrected chi connectivity index (χ0v) is 17.4. The van der Waals surface area contributed by atoms with Gasteiger partial charge < -0.3 is 14.5 Å². The molecule has 0 radical (unpaired) electrons. The first kappa shape index (κ1) is 19.8. The number of amides is 1. The zero-order valence-electron chi connectivity index (χ0n) is 17.4. The highest BCUT2D eigenvalue weighted by Crippen LogP contribution is 2.22. The molecule has 1 unspecified atom stereocenters. The third kappa shape index (κ3) is 4.08. The number of hydrogen-bond donors (Lipinski definition) is 1. The summed E-state index contributed by atoms with van der Waals surface area (Å²) in [6, 6.07) is 17.3. The first-order valence-electron chi connectivity index (χ1n) is 10.1. The van der Waals surface area contributed by atoms with Crippen LogP contribution in [-0.2, 0) is 13.2 Å². The molecule has 1 N–H and O–H groups in total. The highest BCUT2D eigenvalue weighted by molar-refractivity contribution is 5.91. The summed E-state index contributed by atoms with van der Waals surface area (Å²) < 4.78 is 13.4. The summed E-state index contributed by atoms with van der Waals surface area (Å²) in [7, 11) is 0. The Morgan fingerprint density at radius 2 is 1.97 bits per heavy atom. The van der Waals surface area contributed by atoms with Gasteiger partial charge in [0.1, 0.15) is 18.1 Å². The number of carbonyl (C=O) groups is 1. The van der Waals surface area contributed by atoms with Crippen LogP contribution in [0.5, 0.6) is 5.75 Å². The third-order valence-corrected chi connectivity index (χ3v) is 5.24. The SMILES string of the molecule is CCn1ncc(C(C)NC(=O)c2ccc(COc3ccc4ccccc4c3)o2)c1C. The molecule has 4 rings (SSSR count). The topological polar surface area (TPSA) is 69.3 Å². The number of ether oxygens (including phenoxy) is 1. The van der Waals surface area contributed by atoms with E-state index < -0.39 is 0 Å². The van der Waals surface area contributed by atoms with Crippen molar-refractivity contribution in [2.24, 2.45) is 0 Å². The Kier molecular flexibility index (Phi) is 5.57. The lowest BCUT2D eigenvalue weighted by molar-refractivity contribution is 0.0907. The second kappa shape index (κ2) is 8.45. The average molecular weight is 403 g/mol. The standard InChI is InChI=1S/C24H25N3O3/c1-4-27-17(3)22(14-25-27)16(2)26-24(28)23-12-11-21(30-23)15-29-20-10-9-18-7-5-6-8-19(18)13-20/h5-14,16H,4,15H2,1-3H3,(H,26,28). The van der Waals surface area contributed by atoms with Crippen LogP contribution in [0.2, 0.25) is 0 Å². The smallest absolute Gasteiger partial charge is 0.287 e. The Bertz CT molecular complexity index is 1180. The van der Waals surface area contributed by atoms with Crippen LogP contribution >= 0.6 is 0 Å². The van der Waals surface area contributed by atoms with Crippen molar-refractivity contribution in [1.82, 2.24) is 15.1 Å². The fourth-order valence-electron chi connectivity index (χ4n) is 3.54. The second-order valence-corrected chi connectivity index (χ2v) is 7.26. The second-order valence-electron chi connectivity index (χ2n) is 7.26. The molecule has 6 heteroatoms. The maximum atomic E-state index is 12.6. The van der Waals surface area contributed by atoms with Crippen LogP contribution in [0, 0.1) is 6.92 Å². The summed E-state index contributed by atoms with van der Waals surface area (Å²) in [5, 5.41) is 9.59.